The van der Waals surface area contributed by atoms with Crippen molar-refractivity contribution in [3.05, 3.63) is 75.3 Å². The van der Waals surface area contributed by atoms with E-state index in [1.807, 2.05) is 12.1 Å². The minimum Gasteiger partial charge on any atom is -0.256 e. The van der Waals surface area contributed by atoms with Gasteiger partial charge in [-0.05, 0) is 71.0 Å². The highest BCUT2D eigenvalue weighted by Crippen LogP contribution is 2.29. The maximum atomic E-state index is 12.7. The molecule has 0 spiro atoms. The summed E-state index contributed by atoms with van der Waals surface area (Å²) in [6, 6.07) is 9.33. The molecule has 0 bridgehead atoms. The number of hydrogen-bond acceptors (Lipinski definition) is 1. The van der Waals surface area contributed by atoms with E-state index in [4.69, 9.17) is 0 Å². The second kappa shape index (κ2) is 7.55. The van der Waals surface area contributed by atoms with Gasteiger partial charge in [-0.2, -0.15) is 13.2 Å². The molecule has 140 valence electrons. The first-order valence-corrected chi connectivity index (χ1v) is 9.05. The summed E-state index contributed by atoms with van der Waals surface area (Å²) in [4.78, 5) is 4.47. The third-order valence-electron chi connectivity index (χ3n) is 5.04. The van der Waals surface area contributed by atoms with Crippen molar-refractivity contribution in [2.24, 2.45) is 0 Å². The van der Waals surface area contributed by atoms with Gasteiger partial charge < -0.3 is 0 Å². The number of aryl methyl sites for hydroxylation is 1. The summed E-state index contributed by atoms with van der Waals surface area (Å²) in [6.45, 7) is 10.6. The Morgan fingerprint density at radius 2 is 1.63 bits per heavy atom. The number of rotatable bonds is 5. The molecule has 0 unspecified atom stereocenters. The van der Waals surface area contributed by atoms with Crippen LogP contribution in [0.15, 0.2) is 42.6 Å². The molecule has 3 rings (SSSR count). The van der Waals surface area contributed by atoms with Crippen molar-refractivity contribution in [1.29, 1.82) is 0 Å². The minimum absolute atomic E-state index is 0.609. The fraction of sp³-hybridized carbons (Fsp3) is 0.261. The quantitative estimate of drug-likeness (QED) is 0.629. The van der Waals surface area contributed by atoms with Crippen molar-refractivity contribution in [3.8, 4) is 0 Å². The molecule has 1 aromatic heterocycles. The van der Waals surface area contributed by atoms with Crippen LogP contribution in [0.25, 0.3) is 24.1 Å². The molecule has 0 N–H and O–H groups in total. The van der Waals surface area contributed by atoms with E-state index in [-0.39, 0.29) is 0 Å². The molecule has 3 aromatic rings. The van der Waals surface area contributed by atoms with E-state index in [1.54, 1.807) is 18.3 Å². The highest BCUT2D eigenvalue weighted by molar-refractivity contribution is 5.81. The fourth-order valence-corrected chi connectivity index (χ4v) is 3.62. The number of halogens is 3. The van der Waals surface area contributed by atoms with Crippen molar-refractivity contribution in [2.45, 2.75) is 38.8 Å². The summed E-state index contributed by atoms with van der Waals surface area (Å²) < 4.78 is 38.0. The molecule has 4 heteroatoms. The summed E-state index contributed by atoms with van der Waals surface area (Å²) in [6.07, 6.45) is 0.681. The van der Waals surface area contributed by atoms with Gasteiger partial charge >= 0.3 is 6.18 Å². The van der Waals surface area contributed by atoms with Crippen molar-refractivity contribution in [3.63, 3.8) is 0 Å². The van der Waals surface area contributed by atoms with Crippen molar-refractivity contribution in [2.75, 3.05) is 0 Å². The zero-order valence-electron chi connectivity index (χ0n) is 15.4. The van der Waals surface area contributed by atoms with Crippen LogP contribution in [-0.2, 0) is 25.4 Å². The van der Waals surface area contributed by atoms with Gasteiger partial charge in [0.05, 0.1) is 11.1 Å². The van der Waals surface area contributed by atoms with E-state index < -0.39 is 11.7 Å². The van der Waals surface area contributed by atoms with Crippen molar-refractivity contribution >= 4 is 24.1 Å². The third-order valence-corrected chi connectivity index (χ3v) is 5.04. The van der Waals surface area contributed by atoms with Crippen LogP contribution in [0.1, 0.15) is 35.6 Å². The molecule has 27 heavy (non-hydrogen) atoms. The Bertz CT molecular complexity index is 1050. The van der Waals surface area contributed by atoms with Crippen LogP contribution in [-0.4, -0.2) is 4.98 Å². The molecule has 0 aliphatic heterocycles. The lowest BCUT2D eigenvalue weighted by Crippen LogP contribution is -2.23. The van der Waals surface area contributed by atoms with Gasteiger partial charge in [-0.15, -0.1) is 0 Å². The number of benzene rings is 2. The van der Waals surface area contributed by atoms with Crippen LogP contribution in [0.5, 0.6) is 0 Å². The molecule has 0 radical (unpaired) electrons. The van der Waals surface area contributed by atoms with Gasteiger partial charge in [0, 0.05) is 11.6 Å². The first kappa shape index (κ1) is 19.2. The van der Waals surface area contributed by atoms with Crippen molar-refractivity contribution in [1.82, 2.24) is 4.98 Å². The Morgan fingerprint density at radius 3 is 2.26 bits per heavy atom. The van der Waals surface area contributed by atoms with Crippen LogP contribution in [0, 0.1) is 0 Å². The van der Waals surface area contributed by atoms with Crippen LogP contribution in [0.2, 0.25) is 0 Å². The molecule has 0 aliphatic rings. The number of nitrogens with zero attached hydrogens (tertiary/aromatic N) is 1. The van der Waals surface area contributed by atoms with Crippen molar-refractivity contribution < 1.29 is 13.2 Å². The summed E-state index contributed by atoms with van der Waals surface area (Å²) in [5.41, 5.74) is 3.54. The maximum Gasteiger partial charge on any atom is 0.416 e. The van der Waals surface area contributed by atoms with E-state index in [1.165, 1.54) is 11.1 Å². The SMILES string of the molecule is C=c1c(CC)c(CCCc2ccc(C(F)(F)F)cc2)c(=C)c2ncccc12. The predicted molar refractivity (Wildman–Crippen MR) is 105 cm³/mol. The molecule has 1 heterocycles. The van der Waals surface area contributed by atoms with Gasteiger partial charge in [-0.1, -0.05) is 38.3 Å². The summed E-state index contributed by atoms with van der Waals surface area (Å²) >= 11 is 0. The molecule has 0 saturated carbocycles. The van der Waals surface area contributed by atoms with E-state index in [9.17, 15) is 13.2 Å². The molecular weight excluding hydrogens is 347 g/mol. The topological polar surface area (TPSA) is 12.9 Å². The standard InChI is InChI=1S/C23H22F3N/c1-4-19-15(2)21-9-6-14-27-22(21)16(3)20(19)8-5-7-17-10-12-18(13-11-17)23(24,25)26/h6,9-14H,2-5,7-8H2,1H3. The number of aromatic nitrogens is 1. The fourth-order valence-electron chi connectivity index (χ4n) is 3.62. The lowest BCUT2D eigenvalue weighted by atomic mass is 9.93. The Hall–Kier alpha value is -2.62. The van der Waals surface area contributed by atoms with E-state index in [0.717, 1.165) is 58.3 Å². The summed E-state index contributed by atoms with van der Waals surface area (Å²) in [5, 5.41) is 2.96. The van der Waals surface area contributed by atoms with Gasteiger partial charge in [-0.3, -0.25) is 4.98 Å². The lowest BCUT2D eigenvalue weighted by molar-refractivity contribution is -0.137. The highest BCUT2D eigenvalue weighted by atomic mass is 19.4. The van der Waals surface area contributed by atoms with E-state index in [2.05, 4.69) is 25.1 Å². The molecular formula is C23H22F3N. The molecule has 0 fully saturated rings. The van der Waals surface area contributed by atoms with Gasteiger partial charge in [-0.25, -0.2) is 0 Å². The predicted octanol–water partition coefficient (Wildman–Crippen LogP) is 4.81. The zero-order valence-corrected chi connectivity index (χ0v) is 15.4. The monoisotopic (exact) mass is 369 g/mol. The molecule has 0 atom stereocenters. The Labute approximate surface area is 156 Å². The number of alkyl halides is 3. The van der Waals surface area contributed by atoms with Crippen LogP contribution < -0.4 is 10.4 Å². The third kappa shape index (κ3) is 3.90. The van der Waals surface area contributed by atoms with E-state index in [0.29, 0.717) is 6.42 Å². The smallest absolute Gasteiger partial charge is 0.256 e. The molecule has 1 nitrogen and oxygen atoms in total. The molecule has 2 aromatic carbocycles. The normalized spacial score (nSPS) is 11.9. The highest BCUT2D eigenvalue weighted by Gasteiger charge is 2.29. The molecule has 0 amide bonds. The van der Waals surface area contributed by atoms with Gasteiger partial charge in [0.2, 0.25) is 0 Å². The molecule has 0 aliphatic carbocycles. The summed E-state index contributed by atoms with van der Waals surface area (Å²) in [5.74, 6) is 0. The second-order valence-corrected chi connectivity index (χ2v) is 6.72. The largest absolute Gasteiger partial charge is 0.416 e. The Kier molecular flexibility index (Phi) is 5.36. The van der Waals surface area contributed by atoms with Gasteiger partial charge in [0.15, 0.2) is 0 Å². The van der Waals surface area contributed by atoms with E-state index >= 15 is 0 Å². The number of hydrogen-bond donors (Lipinski definition) is 0. The van der Waals surface area contributed by atoms with Crippen LogP contribution >= 0.6 is 0 Å². The average Bonchev–Trinajstić information content (AvgIpc) is 2.65. The minimum atomic E-state index is -4.29. The Morgan fingerprint density at radius 1 is 0.926 bits per heavy atom. The lowest BCUT2D eigenvalue weighted by Gasteiger charge is -2.13. The first-order chi connectivity index (χ1) is 12.8. The Balaban J connectivity index is 1.82. The average molecular weight is 369 g/mol. The van der Waals surface area contributed by atoms with Crippen LogP contribution in [0.4, 0.5) is 13.2 Å². The first-order valence-electron chi connectivity index (χ1n) is 9.05. The van der Waals surface area contributed by atoms with Gasteiger partial charge in [0.25, 0.3) is 0 Å². The number of pyridine rings is 1. The number of fused-ring (bicyclic) bond motifs is 1. The maximum absolute atomic E-state index is 12.7. The molecule has 0 saturated heterocycles. The van der Waals surface area contributed by atoms with Crippen LogP contribution in [0.3, 0.4) is 0 Å². The zero-order chi connectivity index (χ0) is 19.6. The summed E-state index contributed by atoms with van der Waals surface area (Å²) in [7, 11) is 0. The van der Waals surface area contributed by atoms with Gasteiger partial charge in [0.1, 0.15) is 0 Å². The second-order valence-electron chi connectivity index (χ2n) is 6.72.